The number of para-hydroxylation sites is 1. The van der Waals surface area contributed by atoms with Crippen LogP contribution in [0.3, 0.4) is 0 Å². The first-order valence-corrected chi connectivity index (χ1v) is 7.08. The second kappa shape index (κ2) is 7.29. The van der Waals surface area contributed by atoms with Gasteiger partial charge in [-0.2, -0.15) is 0 Å². The SMILES string of the molecule is CC(=O)N(C)Cc1ccccc1NCCNC(C)(C)C. The van der Waals surface area contributed by atoms with Crippen molar-refractivity contribution in [2.75, 3.05) is 25.5 Å². The first kappa shape index (κ1) is 16.5. The molecule has 0 unspecified atom stereocenters. The molecule has 0 spiro atoms. The zero-order chi connectivity index (χ0) is 15.2. The minimum atomic E-state index is 0.0780. The van der Waals surface area contributed by atoms with Crippen molar-refractivity contribution in [2.45, 2.75) is 39.8 Å². The number of benzene rings is 1. The predicted octanol–water partition coefficient (Wildman–Crippen LogP) is 2.46. The van der Waals surface area contributed by atoms with Crippen molar-refractivity contribution >= 4 is 11.6 Å². The highest BCUT2D eigenvalue weighted by Crippen LogP contribution is 2.16. The van der Waals surface area contributed by atoms with E-state index >= 15 is 0 Å². The predicted molar refractivity (Wildman–Crippen MR) is 84.8 cm³/mol. The summed E-state index contributed by atoms with van der Waals surface area (Å²) in [6, 6.07) is 8.12. The zero-order valence-electron chi connectivity index (χ0n) is 13.3. The molecule has 0 saturated carbocycles. The van der Waals surface area contributed by atoms with Gasteiger partial charge in [-0.1, -0.05) is 18.2 Å². The lowest BCUT2D eigenvalue weighted by Crippen LogP contribution is -2.38. The summed E-state index contributed by atoms with van der Waals surface area (Å²) in [6.07, 6.45) is 0. The summed E-state index contributed by atoms with van der Waals surface area (Å²) in [6.45, 7) is 10.4. The quantitative estimate of drug-likeness (QED) is 0.785. The Balaban J connectivity index is 2.55. The molecule has 1 aromatic rings. The molecule has 1 aromatic carbocycles. The van der Waals surface area contributed by atoms with Crippen LogP contribution in [0.5, 0.6) is 0 Å². The third-order valence-electron chi connectivity index (χ3n) is 3.06. The maximum atomic E-state index is 11.3. The Hall–Kier alpha value is -1.55. The number of hydrogen-bond acceptors (Lipinski definition) is 3. The number of carbonyl (C=O) groups is 1. The Morgan fingerprint density at radius 3 is 2.45 bits per heavy atom. The summed E-state index contributed by atoms with van der Waals surface area (Å²) in [5, 5.41) is 6.87. The molecule has 0 fully saturated rings. The molecule has 0 heterocycles. The molecule has 0 bridgehead atoms. The van der Waals surface area contributed by atoms with Crippen LogP contribution in [0.15, 0.2) is 24.3 Å². The second-order valence-electron chi connectivity index (χ2n) is 6.14. The third-order valence-corrected chi connectivity index (χ3v) is 3.06. The lowest BCUT2D eigenvalue weighted by atomic mass is 10.1. The van der Waals surface area contributed by atoms with Crippen LogP contribution in [-0.4, -0.2) is 36.5 Å². The molecule has 0 radical (unpaired) electrons. The Labute approximate surface area is 122 Å². The summed E-state index contributed by atoms with van der Waals surface area (Å²) in [7, 11) is 1.82. The van der Waals surface area contributed by atoms with Crippen LogP contribution < -0.4 is 10.6 Å². The Bertz CT molecular complexity index is 438. The van der Waals surface area contributed by atoms with E-state index in [1.807, 2.05) is 19.2 Å². The van der Waals surface area contributed by atoms with Gasteiger partial charge in [-0.3, -0.25) is 4.79 Å². The highest BCUT2D eigenvalue weighted by atomic mass is 16.2. The van der Waals surface area contributed by atoms with Crippen molar-refractivity contribution in [1.29, 1.82) is 0 Å². The highest BCUT2D eigenvalue weighted by Gasteiger charge is 2.09. The van der Waals surface area contributed by atoms with Crippen molar-refractivity contribution in [3.63, 3.8) is 0 Å². The van der Waals surface area contributed by atoms with Crippen LogP contribution in [-0.2, 0) is 11.3 Å². The summed E-state index contributed by atoms with van der Waals surface area (Å²) < 4.78 is 0. The normalized spacial score (nSPS) is 11.2. The van der Waals surface area contributed by atoms with Gasteiger partial charge < -0.3 is 15.5 Å². The molecule has 4 heteroatoms. The van der Waals surface area contributed by atoms with Crippen LogP contribution in [0.1, 0.15) is 33.3 Å². The van der Waals surface area contributed by atoms with Gasteiger partial charge in [0.1, 0.15) is 0 Å². The van der Waals surface area contributed by atoms with Gasteiger partial charge in [-0.15, -0.1) is 0 Å². The van der Waals surface area contributed by atoms with Crippen LogP contribution in [0.25, 0.3) is 0 Å². The topological polar surface area (TPSA) is 44.4 Å². The molecule has 112 valence electrons. The highest BCUT2D eigenvalue weighted by molar-refractivity contribution is 5.73. The Kier molecular flexibility index (Phi) is 6.02. The van der Waals surface area contributed by atoms with Crippen molar-refractivity contribution in [2.24, 2.45) is 0 Å². The number of rotatable bonds is 6. The fourth-order valence-electron chi connectivity index (χ4n) is 1.83. The van der Waals surface area contributed by atoms with Crippen molar-refractivity contribution < 1.29 is 4.79 Å². The van der Waals surface area contributed by atoms with Crippen molar-refractivity contribution in [3.8, 4) is 0 Å². The van der Waals surface area contributed by atoms with Crippen LogP contribution in [0.2, 0.25) is 0 Å². The van der Waals surface area contributed by atoms with Crippen LogP contribution in [0, 0.1) is 0 Å². The van der Waals surface area contributed by atoms with Gasteiger partial charge in [0.2, 0.25) is 5.91 Å². The molecule has 20 heavy (non-hydrogen) atoms. The molecule has 1 rings (SSSR count). The average molecular weight is 277 g/mol. The van der Waals surface area contributed by atoms with Crippen LogP contribution >= 0.6 is 0 Å². The lowest BCUT2D eigenvalue weighted by Gasteiger charge is -2.22. The van der Waals surface area contributed by atoms with Gasteiger partial charge in [0.15, 0.2) is 0 Å². The van der Waals surface area contributed by atoms with Gasteiger partial charge in [0, 0.05) is 44.8 Å². The van der Waals surface area contributed by atoms with Crippen LogP contribution in [0.4, 0.5) is 5.69 Å². The Morgan fingerprint density at radius 1 is 1.20 bits per heavy atom. The number of carbonyl (C=O) groups excluding carboxylic acids is 1. The fraction of sp³-hybridized carbons (Fsp3) is 0.562. The van der Waals surface area contributed by atoms with E-state index in [1.165, 1.54) is 0 Å². The minimum absolute atomic E-state index is 0.0780. The van der Waals surface area contributed by atoms with E-state index < -0.39 is 0 Å². The molecule has 0 saturated heterocycles. The fourth-order valence-corrected chi connectivity index (χ4v) is 1.83. The molecule has 4 nitrogen and oxygen atoms in total. The number of nitrogens with zero attached hydrogens (tertiary/aromatic N) is 1. The van der Waals surface area contributed by atoms with E-state index in [0.717, 1.165) is 24.3 Å². The van der Waals surface area contributed by atoms with Gasteiger partial charge >= 0.3 is 0 Å². The monoisotopic (exact) mass is 277 g/mol. The van der Waals surface area contributed by atoms with E-state index in [2.05, 4.69) is 43.5 Å². The van der Waals surface area contributed by atoms with E-state index in [1.54, 1.807) is 11.8 Å². The standard InChI is InChI=1S/C16H27N3O/c1-13(20)19(5)12-14-8-6-7-9-15(14)17-10-11-18-16(2,3)4/h6-9,17-18H,10-12H2,1-5H3. The van der Waals surface area contributed by atoms with E-state index in [0.29, 0.717) is 6.54 Å². The number of amides is 1. The van der Waals surface area contributed by atoms with Crippen molar-refractivity contribution in [3.05, 3.63) is 29.8 Å². The summed E-state index contributed by atoms with van der Waals surface area (Å²) in [5.74, 6) is 0.0780. The first-order valence-electron chi connectivity index (χ1n) is 7.08. The summed E-state index contributed by atoms with van der Waals surface area (Å²) in [5.41, 5.74) is 2.37. The van der Waals surface area contributed by atoms with E-state index in [9.17, 15) is 4.79 Å². The molecule has 0 aromatic heterocycles. The van der Waals surface area contributed by atoms with E-state index in [4.69, 9.17) is 0 Å². The molecule has 0 atom stereocenters. The van der Waals surface area contributed by atoms with Gasteiger partial charge in [0.25, 0.3) is 0 Å². The molecular weight excluding hydrogens is 250 g/mol. The van der Waals surface area contributed by atoms with Gasteiger partial charge in [-0.05, 0) is 32.4 Å². The van der Waals surface area contributed by atoms with Crippen molar-refractivity contribution in [1.82, 2.24) is 10.2 Å². The molecule has 0 aliphatic rings. The number of anilines is 1. The van der Waals surface area contributed by atoms with Gasteiger partial charge in [0.05, 0.1) is 0 Å². The maximum Gasteiger partial charge on any atom is 0.219 e. The maximum absolute atomic E-state index is 11.3. The lowest BCUT2D eigenvalue weighted by molar-refractivity contribution is -0.128. The molecule has 0 aliphatic carbocycles. The molecule has 0 aliphatic heterocycles. The third kappa shape index (κ3) is 6.06. The first-order chi connectivity index (χ1) is 9.29. The van der Waals surface area contributed by atoms with E-state index in [-0.39, 0.29) is 11.4 Å². The average Bonchev–Trinajstić information content (AvgIpc) is 2.35. The zero-order valence-corrected chi connectivity index (χ0v) is 13.3. The summed E-state index contributed by atoms with van der Waals surface area (Å²) in [4.78, 5) is 13.0. The second-order valence-corrected chi connectivity index (χ2v) is 6.14. The molecular formula is C16H27N3O. The minimum Gasteiger partial charge on any atom is -0.383 e. The molecule has 1 amide bonds. The smallest absolute Gasteiger partial charge is 0.219 e. The Morgan fingerprint density at radius 2 is 1.85 bits per heavy atom. The van der Waals surface area contributed by atoms with Gasteiger partial charge in [-0.25, -0.2) is 0 Å². The molecule has 2 N–H and O–H groups in total. The largest absolute Gasteiger partial charge is 0.383 e. The number of nitrogens with one attached hydrogen (secondary N) is 2. The number of hydrogen-bond donors (Lipinski definition) is 2. The summed E-state index contributed by atoms with van der Waals surface area (Å²) >= 11 is 0.